The quantitative estimate of drug-likeness (QED) is 0.283. The van der Waals surface area contributed by atoms with Crippen molar-refractivity contribution in [3.05, 3.63) is 0 Å². The zero-order valence-corrected chi connectivity index (χ0v) is 32.3. The van der Waals surface area contributed by atoms with Gasteiger partial charge in [0.2, 0.25) is 5.91 Å². The highest BCUT2D eigenvalue weighted by Gasteiger charge is 2.68. The first-order chi connectivity index (χ1) is 23.6. The number of ether oxygens (including phenoxy) is 1. The third kappa shape index (κ3) is 5.06. The minimum absolute atomic E-state index is 0.109. The minimum Gasteiger partial charge on any atom is -0.481 e. The summed E-state index contributed by atoms with van der Waals surface area (Å²) in [7, 11) is 0. The van der Waals surface area contributed by atoms with Gasteiger partial charge in [-0.1, -0.05) is 48.0 Å². The number of esters is 1. The molecule has 0 aromatic heterocycles. The Labute approximate surface area is 302 Å². The molecule has 12 atom stereocenters. The zero-order valence-electron chi connectivity index (χ0n) is 32.3. The lowest BCUT2D eigenvalue weighted by atomic mass is 9.36. The molecule has 8 rings (SSSR count). The molecule has 2 saturated heterocycles. The Morgan fingerprint density at radius 2 is 1.42 bits per heavy atom. The highest BCUT2D eigenvalue weighted by Crippen LogP contribution is 2.73. The topological polar surface area (TPSA) is 87.1 Å². The summed E-state index contributed by atoms with van der Waals surface area (Å²) in [6, 6.07) is 0.428. The van der Waals surface area contributed by atoms with Crippen molar-refractivity contribution in [1.29, 1.82) is 0 Å². The number of carboxylic acids is 1. The number of likely N-dealkylation sites (tertiary alicyclic amines) is 2. The fourth-order valence-electron chi connectivity index (χ4n) is 15.6. The molecule has 6 aliphatic carbocycles. The average Bonchev–Trinajstić information content (AvgIpc) is 3.83. The normalized spacial score (nSPS) is 47.7. The van der Waals surface area contributed by atoms with Crippen LogP contribution in [0.25, 0.3) is 0 Å². The second-order valence-electron chi connectivity index (χ2n) is 20.8. The molecule has 0 spiro atoms. The molecule has 1 N–H and O–H groups in total. The monoisotopic (exact) mass is 693 g/mol. The minimum atomic E-state index is -0.802. The molecular weight excluding hydrogens is 624 g/mol. The van der Waals surface area contributed by atoms with E-state index in [1.807, 2.05) is 13.8 Å². The number of carbonyl (C=O) groups excluding carboxylic acids is 2. The van der Waals surface area contributed by atoms with Crippen LogP contribution in [-0.2, 0) is 19.1 Å². The van der Waals surface area contributed by atoms with E-state index >= 15 is 0 Å². The number of carboxylic acid groups (broad SMARTS) is 1. The van der Waals surface area contributed by atoms with Crippen LogP contribution in [0.1, 0.15) is 144 Å². The number of nitrogens with zero attached hydrogens (tertiary/aromatic N) is 2. The fourth-order valence-corrected chi connectivity index (χ4v) is 15.6. The number of carbonyl (C=O) groups is 3. The summed E-state index contributed by atoms with van der Waals surface area (Å²) in [5, 5.41) is 9.63. The van der Waals surface area contributed by atoms with E-state index in [-0.39, 0.29) is 34.2 Å². The largest absolute Gasteiger partial charge is 0.481 e. The van der Waals surface area contributed by atoms with E-state index in [1.165, 1.54) is 83.7 Å². The summed E-state index contributed by atoms with van der Waals surface area (Å²) in [6.45, 7) is 18.3. The van der Waals surface area contributed by atoms with Crippen LogP contribution in [0.2, 0.25) is 0 Å². The number of amides is 1. The molecule has 0 aromatic carbocycles. The van der Waals surface area contributed by atoms with Gasteiger partial charge in [0, 0.05) is 24.5 Å². The molecule has 0 radical (unpaired) electrons. The number of fused-ring (bicyclic) bond motifs is 7. The second kappa shape index (κ2) is 12.2. The van der Waals surface area contributed by atoms with E-state index < -0.39 is 17.3 Å². The van der Waals surface area contributed by atoms with Gasteiger partial charge in [-0.25, -0.2) is 0 Å². The van der Waals surface area contributed by atoms with Crippen molar-refractivity contribution in [3.63, 3.8) is 0 Å². The van der Waals surface area contributed by atoms with Gasteiger partial charge in [-0.15, -0.1) is 0 Å². The van der Waals surface area contributed by atoms with E-state index in [0.717, 1.165) is 38.8 Å². The van der Waals surface area contributed by atoms with Crippen LogP contribution >= 0.6 is 0 Å². The van der Waals surface area contributed by atoms with E-state index in [1.54, 1.807) is 0 Å². The van der Waals surface area contributed by atoms with Crippen molar-refractivity contribution in [2.75, 3.05) is 26.2 Å². The molecule has 0 bridgehead atoms. The predicted molar refractivity (Wildman–Crippen MR) is 194 cm³/mol. The number of aliphatic carboxylic acids is 1. The lowest BCUT2D eigenvalue weighted by Crippen LogP contribution is -2.64. The van der Waals surface area contributed by atoms with Crippen LogP contribution in [0.15, 0.2) is 0 Å². The molecule has 6 saturated carbocycles. The molecular formula is C43H68N2O5. The Balaban J connectivity index is 0.972. The predicted octanol–water partition coefficient (Wildman–Crippen LogP) is 8.20. The maximum Gasteiger partial charge on any atom is 0.309 e. The van der Waals surface area contributed by atoms with Crippen LogP contribution in [0.5, 0.6) is 0 Å². The van der Waals surface area contributed by atoms with Gasteiger partial charge in [-0.3, -0.25) is 14.4 Å². The van der Waals surface area contributed by atoms with Crippen LogP contribution in [-0.4, -0.2) is 71.1 Å². The maximum atomic E-state index is 14.8. The fraction of sp³-hybridized carbons (Fsp3) is 0.930. The Hall–Kier alpha value is -1.63. The van der Waals surface area contributed by atoms with E-state index in [9.17, 15) is 19.5 Å². The van der Waals surface area contributed by atoms with Crippen molar-refractivity contribution in [3.8, 4) is 0 Å². The summed E-state index contributed by atoms with van der Waals surface area (Å²) >= 11 is 0. The highest BCUT2D eigenvalue weighted by atomic mass is 16.5. The summed E-state index contributed by atoms with van der Waals surface area (Å²) < 4.78 is 6.41. The standard InChI is InChI=1S/C43H68N2O5/c1-39(2)31(36(46)47)25-32(39)37(48)50-35-17-20-42(6)33(40(35,3)4)16-19-41(5)29-15-21-43(18-9-12-30(43)28(29)13-14-34(41)42)38(49)45-24-10-11-27(45)26-44-22-7-8-23-44/h27-35H,7-26H2,1-6H3,(H,46,47). The van der Waals surface area contributed by atoms with Gasteiger partial charge in [-0.05, 0) is 155 Å². The lowest BCUT2D eigenvalue weighted by molar-refractivity contribution is -0.226. The Bertz CT molecular complexity index is 1370. The average molecular weight is 693 g/mol. The van der Waals surface area contributed by atoms with Crippen LogP contribution < -0.4 is 0 Å². The van der Waals surface area contributed by atoms with E-state index in [4.69, 9.17) is 4.74 Å². The molecule has 280 valence electrons. The first-order valence-corrected chi connectivity index (χ1v) is 21.1. The summed E-state index contributed by atoms with van der Waals surface area (Å²) in [5.74, 6) is 1.89. The van der Waals surface area contributed by atoms with E-state index in [0.29, 0.717) is 53.4 Å². The van der Waals surface area contributed by atoms with Gasteiger partial charge in [0.15, 0.2) is 0 Å². The second-order valence-corrected chi connectivity index (χ2v) is 20.8. The Morgan fingerprint density at radius 1 is 0.680 bits per heavy atom. The van der Waals surface area contributed by atoms with Crippen molar-refractivity contribution in [1.82, 2.24) is 9.80 Å². The number of hydrogen-bond acceptors (Lipinski definition) is 5. The molecule has 8 aliphatic rings. The molecule has 2 aliphatic heterocycles. The van der Waals surface area contributed by atoms with Crippen LogP contribution in [0.3, 0.4) is 0 Å². The van der Waals surface area contributed by atoms with Gasteiger partial charge in [0.25, 0.3) is 0 Å². The Kier molecular flexibility index (Phi) is 8.64. The molecule has 12 unspecified atom stereocenters. The number of hydrogen-bond donors (Lipinski definition) is 1. The van der Waals surface area contributed by atoms with Gasteiger partial charge in [0.05, 0.1) is 17.3 Å². The van der Waals surface area contributed by atoms with Crippen molar-refractivity contribution >= 4 is 17.8 Å². The van der Waals surface area contributed by atoms with Gasteiger partial charge < -0.3 is 19.6 Å². The van der Waals surface area contributed by atoms with E-state index in [2.05, 4.69) is 37.5 Å². The molecule has 7 nitrogen and oxygen atoms in total. The van der Waals surface area contributed by atoms with Crippen molar-refractivity contribution in [2.45, 2.75) is 156 Å². The molecule has 2 heterocycles. The van der Waals surface area contributed by atoms with Gasteiger partial charge >= 0.3 is 11.9 Å². The third-order valence-electron chi connectivity index (χ3n) is 18.3. The van der Waals surface area contributed by atoms with Crippen molar-refractivity contribution < 1.29 is 24.2 Å². The first-order valence-electron chi connectivity index (χ1n) is 21.1. The Morgan fingerprint density at radius 3 is 2.14 bits per heavy atom. The maximum absolute atomic E-state index is 14.8. The lowest BCUT2D eigenvalue weighted by Gasteiger charge is -2.69. The van der Waals surface area contributed by atoms with Crippen molar-refractivity contribution in [2.24, 2.45) is 68.5 Å². The van der Waals surface area contributed by atoms with Crippen LogP contribution in [0, 0.1) is 68.5 Å². The molecule has 50 heavy (non-hydrogen) atoms. The third-order valence-corrected chi connectivity index (χ3v) is 18.3. The zero-order chi connectivity index (χ0) is 35.4. The smallest absolute Gasteiger partial charge is 0.309 e. The van der Waals surface area contributed by atoms with Gasteiger partial charge in [0.1, 0.15) is 6.10 Å². The molecule has 1 amide bonds. The molecule has 8 fully saturated rings. The highest BCUT2D eigenvalue weighted by molar-refractivity contribution is 5.84. The first kappa shape index (κ1) is 35.4. The molecule has 0 aromatic rings. The summed E-state index contributed by atoms with van der Waals surface area (Å²) in [6.07, 6.45) is 18.2. The van der Waals surface area contributed by atoms with Crippen LogP contribution in [0.4, 0.5) is 0 Å². The summed E-state index contributed by atoms with van der Waals surface area (Å²) in [5.41, 5.74) is -0.274. The van der Waals surface area contributed by atoms with Gasteiger partial charge in [-0.2, -0.15) is 0 Å². The molecule has 7 heteroatoms. The number of rotatable bonds is 6. The summed E-state index contributed by atoms with van der Waals surface area (Å²) in [4.78, 5) is 45.1. The SMILES string of the molecule is CC1(C)C(C(=O)O)CC1C(=O)OC1CCC2(C)C(CCC3(C)C4CCC5(C(=O)N6CCCC6CN6CCCC6)CCCC5C4CCC32)C1(C)C.